The molecule has 0 atom stereocenters. The second-order valence-corrected chi connectivity index (χ2v) is 9.44. The standard InChI is InChI=1S/C31H35N3O6/c1-5-32-25-16-27-23(13-18(25)3)29(24-14-19(4)26(33-6-2)17-28(24)40-27)21-8-7-20(15-22(21)31(37)38)30(36)34-9-11-39-12-10-35/h7-8,13-17,32,35H,5-6,9-12H2,1-4H3,(H,34,36)(H,37,38). The van der Waals surface area contributed by atoms with Gasteiger partial charge >= 0.3 is 5.97 Å². The van der Waals surface area contributed by atoms with Crippen molar-refractivity contribution in [2.75, 3.05) is 44.8 Å². The van der Waals surface area contributed by atoms with E-state index in [1.807, 2.05) is 52.0 Å². The van der Waals surface area contributed by atoms with Gasteiger partial charge in [0, 0.05) is 59.5 Å². The number of amides is 1. The van der Waals surface area contributed by atoms with Gasteiger partial charge in [-0.2, -0.15) is 0 Å². The average Bonchev–Trinajstić information content (AvgIpc) is 2.93. The third kappa shape index (κ3) is 6.00. The molecule has 0 saturated heterocycles. The lowest BCUT2D eigenvalue weighted by molar-refractivity contribution is 0.0697. The fraction of sp³-hybridized carbons (Fsp3) is 0.323. The quantitative estimate of drug-likeness (QED) is 0.160. The molecule has 9 heteroatoms. The van der Waals surface area contributed by atoms with E-state index in [4.69, 9.17) is 14.3 Å². The molecule has 1 amide bonds. The minimum absolute atomic E-state index is 0.00590. The molecule has 0 bridgehead atoms. The first-order valence-corrected chi connectivity index (χ1v) is 13.4. The second-order valence-electron chi connectivity index (χ2n) is 9.44. The van der Waals surface area contributed by atoms with Crippen molar-refractivity contribution in [2.24, 2.45) is 4.99 Å². The monoisotopic (exact) mass is 545 g/mol. The van der Waals surface area contributed by atoms with Crippen LogP contribution >= 0.6 is 0 Å². The molecule has 0 saturated carbocycles. The average molecular weight is 546 g/mol. The lowest BCUT2D eigenvalue weighted by Crippen LogP contribution is -2.27. The first-order valence-electron chi connectivity index (χ1n) is 13.4. The van der Waals surface area contributed by atoms with E-state index < -0.39 is 11.9 Å². The molecule has 9 nitrogen and oxygen atoms in total. The lowest BCUT2D eigenvalue weighted by Gasteiger charge is -2.19. The van der Waals surface area contributed by atoms with Gasteiger partial charge in [0.05, 0.1) is 30.7 Å². The van der Waals surface area contributed by atoms with Crippen molar-refractivity contribution in [3.63, 3.8) is 0 Å². The summed E-state index contributed by atoms with van der Waals surface area (Å²) in [4.78, 5) is 29.9. The largest absolute Gasteiger partial charge is 0.478 e. The van der Waals surface area contributed by atoms with E-state index in [9.17, 15) is 14.7 Å². The van der Waals surface area contributed by atoms with Gasteiger partial charge in [-0.1, -0.05) is 6.07 Å². The molecule has 2 aliphatic rings. The van der Waals surface area contributed by atoms with E-state index in [-0.39, 0.29) is 37.5 Å². The molecule has 40 heavy (non-hydrogen) atoms. The predicted octanol–water partition coefficient (Wildman–Crippen LogP) is 4.61. The van der Waals surface area contributed by atoms with E-state index in [0.29, 0.717) is 23.5 Å². The maximum Gasteiger partial charge on any atom is 0.336 e. The van der Waals surface area contributed by atoms with Gasteiger partial charge in [0.25, 0.3) is 5.91 Å². The smallest absolute Gasteiger partial charge is 0.336 e. The molecular formula is C31H35N3O6. The molecule has 0 aromatic heterocycles. The van der Waals surface area contributed by atoms with Crippen LogP contribution in [0.15, 0.2) is 51.9 Å². The Morgan fingerprint density at radius 3 is 2.50 bits per heavy atom. The summed E-state index contributed by atoms with van der Waals surface area (Å²) in [6.45, 7) is 9.87. The van der Waals surface area contributed by atoms with Crippen molar-refractivity contribution in [3.05, 3.63) is 70.1 Å². The fourth-order valence-electron chi connectivity index (χ4n) is 4.79. The van der Waals surface area contributed by atoms with Crippen LogP contribution in [0.3, 0.4) is 0 Å². The van der Waals surface area contributed by atoms with Crippen molar-refractivity contribution in [3.8, 4) is 22.5 Å². The Bertz CT molecular complexity index is 1590. The molecule has 1 aliphatic heterocycles. The van der Waals surface area contributed by atoms with Gasteiger partial charge in [-0.25, -0.2) is 4.79 Å². The van der Waals surface area contributed by atoms with Gasteiger partial charge in [-0.05, 0) is 68.7 Å². The summed E-state index contributed by atoms with van der Waals surface area (Å²) in [5, 5.41) is 26.7. The van der Waals surface area contributed by atoms with Crippen LogP contribution < -0.4 is 16.0 Å². The molecule has 2 aromatic rings. The number of fused-ring (bicyclic) bond motifs is 2. The Labute approximate surface area is 232 Å². The Hall–Kier alpha value is -4.21. The van der Waals surface area contributed by atoms with E-state index in [0.717, 1.165) is 45.2 Å². The van der Waals surface area contributed by atoms with Crippen LogP contribution in [0, 0.1) is 13.8 Å². The molecule has 0 fully saturated rings. The van der Waals surface area contributed by atoms with Crippen LogP contribution in [0.1, 0.15) is 45.7 Å². The number of carbonyl (C=O) groups is 2. The van der Waals surface area contributed by atoms with Crippen LogP contribution in [0.25, 0.3) is 33.4 Å². The number of aliphatic hydroxyl groups is 1. The summed E-state index contributed by atoms with van der Waals surface area (Å²) < 4.78 is 11.6. The zero-order valence-electron chi connectivity index (χ0n) is 23.3. The molecule has 0 unspecified atom stereocenters. The zero-order valence-corrected chi connectivity index (χ0v) is 23.3. The number of hydrogen-bond donors (Lipinski definition) is 4. The number of anilines is 1. The van der Waals surface area contributed by atoms with Crippen molar-refractivity contribution in [1.82, 2.24) is 5.32 Å². The maximum atomic E-state index is 12.8. The van der Waals surface area contributed by atoms with E-state index in [2.05, 4.69) is 15.6 Å². The van der Waals surface area contributed by atoms with Gasteiger partial charge < -0.3 is 30.0 Å². The third-order valence-electron chi connectivity index (χ3n) is 6.63. The number of aryl methyl sites for hydroxylation is 2. The molecule has 210 valence electrons. The summed E-state index contributed by atoms with van der Waals surface area (Å²) >= 11 is 0. The van der Waals surface area contributed by atoms with Crippen LogP contribution in [0.2, 0.25) is 0 Å². The van der Waals surface area contributed by atoms with Crippen LogP contribution in [0.5, 0.6) is 0 Å². The number of hydrogen-bond acceptors (Lipinski definition) is 7. The Morgan fingerprint density at radius 1 is 1.00 bits per heavy atom. The number of nitrogens with zero attached hydrogens (tertiary/aromatic N) is 1. The molecule has 1 aliphatic carbocycles. The minimum Gasteiger partial charge on any atom is -0.478 e. The number of aromatic carboxylic acids is 1. The summed E-state index contributed by atoms with van der Waals surface area (Å²) in [6, 6.07) is 12.5. The van der Waals surface area contributed by atoms with E-state index in [1.54, 1.807) is 12.1 Å². The number of rotatable bonds is 11. The number of carboxylic acids is 1. The lowest BCUT2D eigenvalue weighted by atomic mass is 9.88. The molecule has 4 rings (SSSR count). The first-order chi connectivity index (χ1) is 19.3. The number of carbonyl (C=O) groups excluding carboxylic acids is 1. The maximum absolute atomic E-state index is 12.8. The van der Waals surface area contributed by atoms with Crippen molar-refractivity contribution in [1.29, 1.82) is 0 Å². The number of benzene rings is 3. The number of aliphatic hydroxyl groups excluding tert-OH is 1. The van der Waals surface area contributed by atoms with Gasteiger partial charge in [0.2, 0.25) is 0 Å². The van der Waals surface area contributed by atoms with Crippen molar-refractivity contribution < 1.29 is 29.0 Å². The molecule has 0 spiro atoms. The zero-order chi connectivity index (χ0) is 28.8. The molecule has 4 N–H and O–H groups in total. The van der Waals surface area contributed by atoms with Crippen LogP contribution in [-0.2, 0) is 4.74 Å². The normalized spacial score (nSPS) is 11.8. The summed E-state index contributed by atoms with van der Waals surface area (Å²) in [7, 11) is 0. The topological polar surface area (TPSA) is 133 Å². The third-order valence-corrected chi connectivity index (χ3v) is 6.63. The predicted molar refractivity (Wildman–Crippen MR) is 155 cm³/mol. The van der Waals surface area contributed by atoms with E-state index >= 15 is 0 Å². The van der Waals surface area contributed by atoms with E-state index in [1.165, 1.54) is 6.07 Å². The Morgan fingerprint density at radius 2 is 1.80 bits per heavy atom. The fourth-order valence-corrected chi connectivity index (χ4v) is 4.79. The number of ether oxygens (including phenoxy) is 1. The first kappa shape index (κ1) is 28.8. The number of carboxylic acid groups (broad SMARTS) is 1. The van der Waals surface area contributed by atoms with Gasteiger partial charge in [0.15, 0.2) is 0 Å². The highest BCUT2D eigenvalue weighted by molar-refractivity contribution is 6.09. The van der Waals surface area contributed by atoms with Gasteiger partial charge in [0.1, 0.15) is 11.3 Å². The summed E-state index contributed by atoms with van der Waals surface area (Å²) in [5.74, 6) is -0.965. The SMILES string of the molecule is CCN=c1cc2oc3cc(NCC)c(C)cc3c(-c3ccc(C(=O)NCCOCCO)cc3C(=O)O)c-2cc1C. The molecule has 2 aromatic carbocycles. The highest BCUT2D eigenvalue weighted by Crippen LogP contribution is 2.43. The van der Waals surface area contributed by atoms with Crippen molar-refractivity contribution in [2.45, 2.75) is 27.7 Å². The van der Waals surface area contributed by atoms with Gasteiger partial charge in [-0.3, -0.25) is 9.79 Å². The highest BCUT2D eigenvalue weighted by Gasteiger charge is 2.24. The highest BCUT2D eigenvalue weighted by atomic mass is 16.5. The summed E-state index contributed by atoms with van der Waals surface area (Å²) in [5.41, 5.74) is 5.68. The summed E-state index contributed by atoms with van der Waals surface area (Å²) in [6.07, 6.45) is 0. The molecular weight excluding hydrogens is 510 g/mol. The molecule has 0 radical (unpaired) electrons. The van der Waals surface area contributed by atoms with Crippen LogP contribution in [-0.4, -0.2) is 61.5 Å². The molecule has 1 heterocycles. The van der Waals surface area contributed by atoms with Gasteiger partial charge in [-0.15, -0.1) is 0 Å². The minimum atomic E-state index is -1.15. The van der Waals surface area contributed by atoms with Crippen molar-refractivity contribution >= 4 is 28.5 Å². The second kappa shape index (κ2) is 12.8. The van der Waals surface area contributed by atoms with Crippen LogP contribution in [0.4, 0.5) is 5.69 Å². The Balaban J connectivity index is 1.93. The Kier molecular flexibility index (Phi) is 9.19. The number of nitrogens with one attached hydrogen (secondary N) is 2.